The normalized spacial score (nSPS) is 18.3. The standard InChI is InChI=1S/C20H31O12P/c1-8-10-16(21)18(13(5)28-24)31-33(26,30-15(7)27-20(23)12(3)4)32-19(14(6)29-25)17(22)11-9-2/h8-11,13-15,18-19,24-25H,3H2,1-2,4-7H3/b10-8+,11-9+. The van der Waals surface area contributed by atoms with E-state index in [2.05, 4.69) is 16.4 Å². The fourth-order valence-electron chi connectivity index (χ4n) is 2.17. The molecule has 5 unspecified atom stereocenters. The predicted octanol–water partition coefficient (Wildman–Crippen LogP) is 3.39. The molecule has 0 spiro atoms. The summed E-state index contributed by atoms with van der Waals surface area (Å²) in [6, 6.07) is 0. The van der Waals surface area contributed by atoms with Crippen molar-refractivity contribution >= 4 is 25.4 Å². The Balaban J connectivity index is 6.24. The van der Waals surface area contributed by atoms with E-state index in [4.69, 9.17) is 28.8 Å². The minimum atomic E-state index is -4.96. The van der Waals surface area contributed by atoms with Gasteiger partial charge in [0.05, 0.1) is 0 Å². The second kappa shape index (κ2) is 15.0. The molecule has 188 valence electrons. The van der Waals surface area contributed by atoms with Crippen LogP contribution >= 0.6 is 7.82 Å². The Morgan fingerprint density at radius 2 is 1.24 bits per heavy atom. The Hall–Kier alpha value is -2.02. The second-order valence-corrected chi connectivity index (χ2v) is 8.31. The molecule has 0 aliphatic heterocycles. The highest BCUT2D eigenvalue weighted by atomic mass is 31.2. The Bertz CT molecular complexity index is 746. The first-order valence-electron chi connectivity index (χ1n) is 9.80. The fourth-order valence-corrected chi connectivity index (χ4v) is 3.84. The van der Waals surface area contributed by atoms with Gasteiger partial charge in [0.15, 0.2) is 23.8 Å². The summed E-state index contributed by atoms with van der Waals surface area (Å²) >= 11 is 0. The maximum Gasteiger partial charge on any atom is 0.479 e. The molecule has 0 saturated heterocycles. The molecule has 2 N–H and O–H groups in total. The van der Waals surface area contributed by atoms with Gasteiger partial charge in [-0.15, -0.1) is 0 Å². The Labute approximate surface area is 192 Å². The van der Waals surface area contributed by atoms with Crippen molar-refractivity contribution in [3.8, 4) is 0 Å². The van der Waals surface area contributed by atoms with Crippen molar-refractivity contribution in [3.05, 3.63) is 36.5 Å². The van der Waals surface area contributed by atoms with Gasteiger partial charge in [-0.3, -0.25) is 29.2 Å². The summed E-state index contributed by atoms with van der Waals surface area (Å²) in [5, 5.41) is 18.0. The van der Waals surface area contributed by atoms with Gasteiger partial charge in [-0.05, 0) is 53.7 Å². The molecule has 0 aromatic rings. The largest absolute Gasteiger partial charge is 0.479 e. The maximum atomic E-state index is 13.5. The lowest BCUT2D eigenvalue weighted by Gasteiger charge is -2.29. The third kappa shape index (κ3) is 10.6. The molecule has 33 heavy (non-hydrogen) atoms. The summed E-state index contributed by atoms with van der Waals surface area (Å²) in [5.41, 5.74) is 0.00833. The van der Waals surface area contributed by atoms with Gasteiger partial charge in [0.1, 0.15) is 12.2 Å². The van der Waals surface area contributed by atoms with E-state index in [1.807, 2.05) is 0 Å². The van der Waals surface area contributed by atoms with Crippen LogP contribution in [0.5, 0.6) is 0 Å². The molecule has 0 amide bonds. The van der Waals surface area contributed by atoms with Crippen LogP contribution in [0.15, 0.2) is 36.5 Å². The Morgan fingerprint density at radius 3 is 1.55 bits per heavy atom. The fraction of sp³-hybridized carbons (Fsp3) is 0.550. The zero-order chi connectivity index (χ0) is 25.8. The summed E-state index contributed by atoms with van der Waals surface area (Å²) < 4.78 is 34.2. The average molecular weight is 494 g/mol. The zero-order valence-corrected chi connectivity index (χ0v) is 20.2. The van der Waals surface area contributed by atoms with E-state index in [1.54, 1.807) is 0 Å². The third-order valence-electron chi connectivity index (χ3n) is 3.79. The molecular formula is C20H31O12P. The molecule has 0 saturated carbocycles. The molecule has 0 aromatic carbocycles. The summed E-state index contributed by atoms with van der Waals surface area (Å²) in [7, 11) is -4.96. The van der Waals surface area contributed by atoms with Crippen LogP contribution in [0.25, 0.3) is 0 Å². The molecule has 0 heterocycles. The molecule has 5 atom stereocenters. The summed E-state index contributed by atoms with van der Waals surface area (Å²) in [6.07, 6.45) is -2.94. The highest BCUT2D eigenvalue weighted by Gasteiger charge is 2.43. The number of esters is 1. The molecule has 0 aliphatic carbocycles. The molecule has 0 radical (unpaired) electrons. The van der Waals surface area contributed by atoms with Crippen LogP contribution in [0.2, 0.25) is 0 Å². The highest BCUT2D eigenvalue weighted by molar-refractivity contribution is 7.48. The van der Waals surface area contributed by atoms with Crippen LogP contribution in [-0.4, -0.2) is 58.8 Å². The molecule has 0 fully saturated rings. The van der Waals surface area contributed by atoms with Crippen LogP contribution in [0.3, 0.4) is 0 Å². The number of carbonyl (C=O) groups is 3. The van der Waals surface area contributed by atoms with Crippen LogP contribution in [0.4, 0.5) is 0 Å². The third-order valence-corrected chi connectivity index (χ3v) is 5.32. The second-order valence-electron chi connectivity index (χ2n) is 6.78. The van der Waals surface area contributed by atoms with E-state index in [0.29, 0.717) is 0 Å². The summed E-state index contributed by atoms with van der Waals surface area (Å²) in [4.78, 5) is 44.9. The molecule has 0 bridgehead atoms. The summed E-state index contributed by atoms with van der Waals surface area (Å²) in [6.45, 7) is 11.4. The first-order chi connectivity index (χ1) is 15.3. The van der Waals surface area contributed by atoms with Crippen molar-refractivity contribution in [1.29, 1.82) is 0 Å². The van der Waals surface area contributed by atoms with E-state index in [1.165, 1.54) is 53.7 Å². The van der Waals surface area contributed by atoms with Gasteiger partial charge in [-0.2, -0.15) is 0 Å². The van der Waals surface area contributed by atoms with Crippen molar-refractivity contribution in [2.24, 2.45) is 0 Å². The van der Waals surface area contributed by atoms with Crippen molar-refractivity contribution < 1.29 is 57.5 Å². The van der Waals surface area contributed by atoms with Gasteiger partial charge in [0.25, 0.3) is 0 Å². The minimum Gasteiger partial charge on any atom is -0.432 e. The van der Waals surface area contributed by atoms with Gasteiger partial charge < -0.3 is 4.74 Å². The van der Waals surface area contributed by atoms with E-state index >= 15 is 0 Å². The monoisotopic (exact) mass is 494 g/mol. The first-order valence-corrected chi connectivity index (χ1v) is 11.3. The number of hydrogen-bond donors (Lipinski definition) is 2. The van der Waals surface area contributed by atoms with Gasteiger partial charge in [-0.25, -0.2) is 23.7 Å². The number of phosphoric ester groups is 1. The van der Waals surface area contributed by atoms with E-state index < -0.39 is 56.1 Å². The number of allylic oxidation sites excluding steroid dienone is 2. The smallest absolute Gasteiger partial charge is 0.432 e. The lowest BCUT2D eigenvalue weighted by atomic mass is 10.1. The Kier molecular flexibility index (Phi) is 14.1. The number of hydrogen-bond acceptors (Lipinski definition) is 12. The van der Waals surface area contributed by atoms with E-state index in [-0.39, 0.29) is 5.57 Å². The molecular weight excluding hydrogens is 463 g/mol. The number of ketones is 2. The van der Waals surface area contributed by atoms with Gasteiger partial charge >= 0.3 is 13.8 Å². The van der Waals surface area contributed by atoms with E-state index in [9.17, 15) is 18.9 Å². The van der Waals surface area contributed by atoms with Crippen molar-refractivity contribution in [2.45, 2.75) is 72.2 Å². The number of carbonyl (C=O) groups excluding carboxylic acids is 3. The number of rotatable bonds is 16. The van der Waals surface area contributed by atoms with Crippen molar-refractivity contribution in [2.75, 3.05) is 0 Å². The van der Waals surface area contributed by atoms with Gasteiger partial charge in [-0.1, -0.05) is 18.7 Å². The quantitative estimate of drug-likeness (QED) is 0.0803. The van der Waals surface area contributed by atoms with Crippen LogP contribution in [0, 0.1) is 0 Å². The van der Waals surface area contributed by atoms with Crippen LogP contribution in [-0.2, 0) is 47.0 Å². The number of ether oxygens (including phenoxy) is 1. The van der Waals surface area contributed by atoms with Gasteiger partial charge in [0, 0.05) is 5.57 Å². The lowest BCUT2D eigenvalue weighted by molar-refractivity contribution is -0.291. The maximum absolute atomic E-state index is 13.5. The average Bonchev–Trinajstić information content (AvgIpc) is 2.74. The topological polar surface area (TPSA) is 164 Å². The Morgan fingerprint density at radius 1 is 0.848 bits per heavy atom. The van der Waals surface area contributed by atoms with E-state index in [0.717, 1.165) is 12.2 Å². The highest BCUT2D eigenvalue weighted by Crippen LogP contribution is 2.54. The lowest BCUT2D eigenvalue weighted by Crippen LogP contribution is -2.38. The van der Waals surface area contributed by atoms with Gasteiger partial charge in [0.2, 0.25) is 6.29 Å². The molecule has 13 heteroatoms. The molecule has 0 rings (SSSR count). The number of phosphoric acid groups is 1. The van der Waals surface area contributed by atoms with Crippen molar-refractivity contribution in [3.63, 3.8) is 0 Å². The summed E-state index contributed by atoms with van der Waals surface area (Å²) in [5.74, 6) is -2.47. The SMILES string of the molecule is C=C(C)C(=O)OC(C)OP(=O)(OC(C(=O)/C=C/C)C(C)OO)OC(C(=O)/C=C/C)C(C)OO. The predicted molar refractivity (Wildman–Crippen MR) is 115 cm³/mol. The molecule has 12 nitrogen and oxygen atoms in total. The van der Waals surface area contributed by atoms with Crippen molar-refractivity contribution in [1.82, 2.24) is 0 Å². The van der Waals surface area contributed by atoms with Crippen LogP contribution < -0.4 is 0 Å². The molecule has 0 aliphatic rings. The first kappa shape index (κ1) is 31.0. The molecule has 0 aromatic heterocycles. The van der Waals surface area contributed by atoms with Crippen LogP contribution in [0.1, 0.15) is 41.5 Å². The minimum absolute atomic E-state index is 0.00833. The zero-order valence-electron chi connectivity index (χ0n) is 19.3.